The molecular formula is C13H16ClFO. The average Bonchev–Trinajstić information content (AvgIpc) is 2.29. The maximum Gasteiger partial charge on any atom is 0.142 e. The third kappa shape index (κ3) is 3.53. The molecule has 0 saturated heterocycles. The van der Waals surface area contributed by atoms with Gasteiger partial charge in [0.1, 0.15) is 11.6 Å². The summed E-state index contributed by atoms with van der Waals surface area (Å²) in [5.41, 5.74) is 0.723. The number of hydrogen-bond donors (Lipinski definition) is 0. The fourth-order valence-electron chi connectivity index (χ4n) is 1.31. The van der Waals surface area contributed by atoms with E-state index in [0.29, 0.717) is 12.4 Å². The lowest BCUT2D eigenvalue weighted by atomic mass is 10.2. The Morgan fingerprint density at radius 3 is 2.81 bits per heavy atom. The van der Waals surface area contributed by atoms with Gasteiger partial charge in [0, 0.05) is 5.56 Å². The van der Waals surface area contributed by atoms with Crippen molar-refractivity contribution in [1.29, 1.82) is 0 Å². The van der Waals surface area contributed by atoms with E-state index in [2.05, 4.69) is 6.92 Å². The van der Waals surface area contributed by atoms with Gasteiger partial charge >= 0.3 is 0 Å². The Labute approximate surface area is 101 Å². The molecule has 16 heavy (non-hydrogen) atoms. The second-order valence-electron chi connectivity index (χ2n) is 3.48. The lowest BCUT2D eigenvalue weighted by molar-refractivity contribution is 0.269. The quantitative estimate of drug-likeness (QED) is 0.539. The lowest BCUT2D eigenvalue weighted by Gasteiger charge is -2.10. The van der Waals surface area contributed by atoms with Crippen molar-refractivity contribution in [3.8, 4) is 0 Å². The molecular weight excluding hydrogens is 227 g/mol. The maximum absolute atomic E-state index is 13.2. The zero-order valence-electron chi connectivity index (χ0n) is 9.59. The summed E-state index contributed by atoms with van der Waals surface area (Å²) in [6.07, 6.45) is 3.90. The molecule has 0 unspecified atom stereocenters. The first-order valence-electron chi connectivity index (χ1n) is 5.43. The van der Waals surface area contributed by atoms with Crippen molar-refractivity contribution in [2.24, 2.45) is 0 Å². The van der Waals surface area contributed by atoms with E-state index in [-0.39, 0.29) is 5.02 Å². The molecule has 88 valence electrons. The number of ether oxygens (including phenoxy) is 1. The van der Waals surface area contributed by atoms with E-state index in [9.17, 15) is 4.39 Å². The van der Waals surface area contributed by atoms with Crippen LogP contribution in [-0.2, 0) is 4.74 Å². The van der Waals surface area contributed by atoms with Crippen LogP contribution in [0.25, 0.3) is 5.76 Å². The highest BCUT2D eigenvalue weighted by molar-refractivity contribution is 6.30. The maximum atomic E-state index is 13.2. The van der Waals surface area contributed by atoms with E-state index in [1.807, 2.05) is 13.0 Å². The molecule has 1 nitrogen and oxygen atoms in total. The van der Waals surface area contributed by atoms with Crippen LogP contribution in [0.4, 0.5) is 4.39 Å². The van der Waals surface area contributed by atoms with Gasteiger partial charge in [0.15, 0.2) is 0 Å². The van der Waals surface area contributed by atoms with E-state index < -0.39 is 5.82 Å². The van der Waals surface area contributed by atoms with Gasteiger partial charge in [0.2, 0.25) is 0 Å². The molecule has 0 saturated carbocycles. The minimum Gasteiger partial charge on any atom is -0.493 e. The summed E-state index contributed by atoms with van der Waals surface area (Å²) >= 11 is 5.62. The molecule has 0 spiro atoms. The van der Waals surface area contributed by atoms with Gasteiger partial charge in [-0.1, -0.05) is 24.9 Å². The van der Waals surface area contributed by atoms with Crippen LogP contribution in [0.1, 0.15) is 32.3 Å². The van der Waals surface area contributed by atoms with Crippen LogP contribution in [-0.4, -0.2) is 6.61 Å². The summed E-state index contributed by atoms with van der Waals surface area (Å²) in [5.74, 6) is 0.279. The number of allylic oxidation sites excluding steroid dienone is 1. The molecule has 0 aliphatic heterocycles. The molecule has 0 heterocycles. The fourth-order valence-corrected chi connectivity index (χ4v) is 1.43. The number of halogens is 2. The number of hydrogen-bond acceptors (Lipinski definition) is 1. The minimum absolute atomic E-state index is 0.132. The predicted molar refractivity (Wildman–Crippen MR) is 65.9 cm³/mol. The summed E-state index contributed by atoms with van der Waals surface area (Å²) in [7, 11) is 0. The number of unbranched alkanes of at least 4 members (excludes halogenated alkanes) is 1. The Kier molecular flexibility index (Phi) is 5.33. The van der Waals surface area contributed by atoms with Gasteiger partial charge in [0.25, 0.3) is 0 Å². The zero-order valence-corrected chi connectivity index (χ0v) is 10.4. The SMILES string of the molecule is CC=C(OCCCC)c1ccc(Cl)c(F)c1. The normalized spacial score (nSPS) is 11.6. The number of rotatable bonds is 5. The van der Waals surface area contributed by atoms with Crippen LogP contribution in [0.15, 0.2) is 24.3 Å². The summed E-state index contributed by atoms with van der Waals surface area (Å²) in [6, 6.07) is 4.69. The van der Waals surface area contributed by atoms with Crippen LogP contribution in [0, 0.1) is 5.82 Å². The highest BCUT2D eigenvalue weighted by atomic mass is 35.5. The van der Waals surface area contributed by atoms with Gasteiger partial charge < -0.3 is 4.74 Å². The topological polar surface area (TPSA) is 9.23 Å². The van der Waals surface area contributed by atoms with Gasteiger partial charge in [-0.15, -0.1) is 0 Å². The molecule has 1 aromatic carbocycles. The lowest BCUT2D eigenvalue weighted by Crippen LogP contribution is -1.95. The van der Waals surface area contributed by atoms with E-state index >= 15 is 0 Å². The van der Waals surface area contributed by atoms with Crippen LogP contribution in [0.5, 0.6) is 0 Å². The van der Waals surface area contributed by atoms with Crippen molar-refractivity contribution in [2.45, 2.75) is 26.7 Å². The molecule has 1 aromatic rings. The van der Waals surface area contributed by atoms with Gasteiger partial charge in [0.05, 0.1) is 11.6 Å². The van der Waals surface area contributed by atoms with E-state index in [0.717, 1.165) is 18.4 Å². The Balaban J connectivity index is 2.76. The molecule has 0 atom stereocenters. The van der Waals surface area contributed by atoms with Crippen molar-refractivity contribution in [1.82, 2.24) is 0 Å². The summed E-state index contributed by atoms with van der Waals surface area (Å²) in [4.78, 5) is 0. The zero-order chi connectivity index (χ0) is 12.0. The smallest absolute Gasteiger partial charge is 0.142 e. The molecule has 0 N–H and O–H groups in total. The minimum atomic E-state index is -0.419. The van der Waals surface area contributed by atoms with Crippen LogP contribution >= 0.6 is 11.6 Å². The molecule has 3 heteroatoms. The summed E-state index contributed by atoms with van der Waals surface area (Å²) in [6.45, 7) is 4.62. The number of benzene rings is 1. The van der Waals surface area contributed by atoms with Crippen molar-refractivity contribution < 1.29 is 9.13 Å². The third-order valence-electron chi connectivity index (χ3n) is 2.22. The standard InChI is InChI=1S/C13H16ClFO/c1-3-5-8-16-13(4-2)10-6-7-11(14)12(15)9-10/h4,6-7,9H,3,5,8H2,1-2H3. The molecule has 0 fully saturated rings. The Hall–Kier alpha value is -1.02. The molecule has 0 amide bonds. The van der Waals surface area contributed by atoms with E-state index in [1.54, 1.807) is 12.1 Å². The Bertz CT molecular complexity index is 374. The molecule has 0 aliphatic carbocycles. The highest BCUT2D eigenvalue weighted by Crippen LogP contribution is 2.22. The Morgan fingerprint density at radius 1 is 1.50 bits per heavy atom. The average molecular weight is 243 g/mol. The molecule has 0 aromatic heterocycles. The van der Waals surface area contributed by atoms with Crippen LogP contribution in [0.2, 0.25) is 5.02 Å². The van der Waals surface area contributed by atoms with Crippen molar-refractivity contribution in [3.63, 3.8) is 0 Å². The molecule has 0 radical (unpaired) electrons. The predicted octanol–water partition coefficient (Wildman–Crippen LogP) is 4.66. The van der Waals surface area contributed by atoms with Crippen molar-refractivity contribution in [3.05, 3.63) is 40.7 Å². The fraction of sp³-hybridized carbons (Fsp3) is 0.385. The van der Waals surface area contributed by atoms with Gasteiger partial charge in [-0.2, -0.15) is 0 Å². The first-order valence-corrected chi connectivity index (χ1v) is 5.81. The largest absolute Gasteiger partial charge is 0.493 e. The summed E-state index contributed by atoms with van der Waals surface area (Å²) in [5, 5.41) is 0.132. The summed E-state index contributed by atoms with van der Waals surface area (Å²) < 4.78 is 18.8. The highest BCUT2D eigenvalue weighted by Gasteiger charge is 2.05. The Morgan fingerprint density at radius 2 is 2.25 bits per heavy atom. The first kappa shape index (κ1) is 13.0. The van der Waals surface area contributed by atoms with E-state index in [1.165, 1.54) is 6.07 Å². The van der Waals surface area contributed by atoms with Gasteiger partial charge in [-0.05, 0) is 37.6 Å². The first-order chi connectivity index (χ1) is 7.69. The second-order valence-corrected chi connectivity index (χ2v) is 3.89. The van der Waals surface area contributed by atoms with Gasteiger partial charge in [-0.25, -0.2) is 4.39 Å². The van der Waals surface area contributed by atoms with Gasteiger partial charge in [-0.3, -0.25) is 0 Å². The molecule has 0 bridgehead atoms. The van der Waals surface area contributed by atoms with Crippen LogP contribution in [0.3, 0.4) is 0 Å². The second kappa shape index (κ2) is 6.54. The molecule has 1 rings (SSSR count). The molecule has 0 aliphatic rings. The monoisotopic (exact) mass is 242 g/mol. The van der Waals surface area contributed by atoms with Crippen molar-refractivity contribution >= 4 is 17.4 Å². The third-order valence-corrected chi connectivity index (χ3v) is 2.53. The van der Waals surface area contributed by atoms with Crippen molar-refractivity contribution in [2.75, 3.05) is 6.61 Å². The van der Waals surface area contributed by atoms with Crippen LogP contribution < -0.4 is 0 Å². The van der Waals surface area contributed by atoms with E-state index in [4.69, 9.17) is 16.3 Å².